The highest BCUT2D eigenvalue weighted by atomic mass is 19.1. The third-order valence-electron chi connectivity index (χ3n) is 5.91. The lowest BCUT2D eigenvalue weighted by molar-refractivity contribution is -0.114. The van der Waals surface area contributed by atoms with Gasteiger partial charge in [0.2, 0.25) is 0 Å². The molecule has 1 aromatic carbocycles. The quantitative estimate of drug-likeness (QED) is 0.737. The standard InChI is InChI=1S/C24H28FN3O2/c1-17(2)30-22-6-4-5-19(11-22)16-27-10-9-24(13-18(27)3)8-7-23(29)28(24)21-12-20(25)14-26-15-21/h4-8,11-12,14-15,17-18H,9-10,13,16H2,1-3H3/t18-,24+/m0/s1. The maximum absolute atomic E-state index is 13.8. The van der Waals surface area contributed by atoms with Crippen LogP contribution in [0.2, 0.25) is 0 Å². The van der Waals surface area contributed by atoms with Gasteiger partial charge >= 0.3 is 0 Å². The first-order chi connectivity index (χ1) is 14.4. The lowest BCUT2D eigenvalue weighted by Gasteiger charge is -2.47. The third kappa shape index (κ3) is 4.10. The maximum Gasteiger partial charge on any atom is 0.251 e. The normalized spacial score (nSPS) is 24.2. The summed E-state index contributed by atoms with van der Waals surface area (Å²) in [5.41, 5.74) is 1.30. The molecule has 1 fully saturated rings. The van der Waals surface area contributed by atoms with Crippen molar-refractivity contribution in [3.63, 3.8) is 0 Å². The first-order valence-corrected chi connectivity index (χ1v) is 10.5. The summed E-state index contributed by atoms with van der Waals surface area (Å²) in [4.78, 5) is 20.7. The molecule has 2 aliphatic heterocycles. The highest BCUT2D eigenvalue weighted by Gasteiger charge is 2.46. The Morgan fingerprint density at radius 2 is 2.13 bits per heavy atom. The summed E-state index contributed by atoms with van der Waals surface area (Å²) in [5.74, 6) is 0.343. The molecule has 0 aliphatic carbocycles. The van der Waals surface area contributed by atoms with Gasteiger partial charge in [0.1, 0.15) is 11.6 Å². The minimum Gasteiger partial charge on any atom is -0.491 e. The molecule has 0 saturated carbocycles. The number of carbonyl (C=O) groups is 1. The number of ether oxygens (including phenoxy) is 1. The zero-order valence-corrected chi connectivity index (χ0v) is 17.7. The number of hydrogen-bond donors (Lipinski definition) is 0. The molecule has 0 unspecified atom stereocenters. The number of rotatable bonds is 5. The van der Waals surface area contributed by atoms with Crippen LogP contribution in [0.1, 0.15) is 39.2 Å². The number of amides is 1. The van der Waals surface area contributed by atoms with E-state index < -0.39 is 11.4 Å². The number of nitrogens with zero attached hydrogens (tertiary/aromatic N) is 3. The molecule has 2 aliphatic rings. The molecule has 1 saturated heterocycles. The Morgan fingerprint density at radius 1 is 1.30 bits per heavy atom. The maximum atomic E-state index is 13.8. The zero-order valence-electron chi connectivity index (χ0n) is 17.7. The molecule has 2 atom stereocenters. The average Bonchev–Trinajstić information content (AvgIpc) is 2.99. The number of aromatic nitrogens is 1. The minimum absolute atomic E-state index is 0.110. The van der Waals surface area contributed by atoms with Gasteiger partial charge in [0.15, 0.2) is 0 Å². The molecule has 0 N–H and O–H groups in total. The summed E-state index contributed by atoms with van der Waals surface area (Å²) in [6, 6.07) is 9.87. The molecule has 1 amide bonds. The lowest BCUT2D eigenvalue weighted by Crippen LogP contribution is -2.56. The second kappa shape index (κ2) is 8.19. The Labute approximate surface area is 177 Å². The van der Waals surface area contributed by atoms with Crippen molar-refractivity contribution >= 4 is 11.6 Å². The van der Waals surface area contributed by atoms with E-state index in [1.807, 2.05) is 32.1 Å². The van der Waals surface area contributed by atoms with Crippen LogP contribution in [-0.4, -0.2) is 40.0 Å². The molecule has 6 heteroatoms. The molecule has 1 spiro atoms. The fourth-order valence-electron chi connectivity index (χ4n) is 4.62. The second-order valence-corrected chi connectivity index (χ2v) is 8.56. The van der Waals surface area contributed by atoms with Gasteiger partial charge in [0, 0.05) is 31.3 Å². The molecule has 158 valence electrons. The fourth-order valence-corrected chi connectivity index (χ4v) is 4.62. The second-order valence-electron chi connectivity index (χ2n) is 8.56. The van der Waals surface area contributed by atoms with Crippen molar-refractivity contribution in [3.05, 3.63) is 66.3 Å². The van der Waals surface area contributed by atoms with Crippen molar-refractivity contribution in [3.8, 4) is 5.75 Å². The van der Waals surface area contributed by atoms with Crippen LogP contribution in [0.15, 0.2) is 54.9 Å². The van der Waals surface area contributed by atoms with E-state index >= 15 is 0 Å². The number of piperidine rings is 1. The highest BCUT2D eigenvalue weighted by molar-refractivity contribution is 6.06. The van der Waals surface area contributed by atoms with Gasteiger partial charge in [0.05, 0.1) is 29.7 Å². The van der Waals surface area contributed by atoms with Crippen molar-refractivity contribution in [2.45, 2.75) is 57.8 Å². The molecule has 3 heterocycles. The Bertz CT molecular complexity index is 961. The van der Waals surface area contributed by atoms with Crippen LogP contribution >= 0.6 is 0 Å². The van der Waals surface area contributed by atoms with E-state index in [4.69, 9.17) is 4.74 Å². The van der Waals surface area contributed by atoms with Crippen molar-refractivity contribution in [2.24, 2.45) is 0 Å². The smallest absolute Gasteiger partial charge is 0.251 e. The van der Waals surface area contributed by atoms with Crippen LogP contribution in [0.3, 0.4) is 0 Å². The number of anilines is 1. The molecule has 4 rings (SSSR count). The third-order valence-corrected chi connectivity index (χ3v) is 5.91. The summed E-state index contributed by atoms with van der Waals surface area (Å²) in [7, 11) is 0. The molecule has 0 bridgehead atoms. The molecule has 5 nitrogen and oxygen atoms in total. The fraction of sp³-hybridized carbons (Fsp3) is 0.417. The van der Waals surface area contributed by atoms with E-state index in [0.29, 0.717) is 5.69 Å². The SMILES string of the molecule is CC(C)Oc1cccc(CN2CC[C@]3(C=CC(=O)N3c3cncc(F)c3)C[C@@H]2C)c1. The Kier molecular flexibility index (Phi) is 5.60. The van der Waals surface area contributed by atoms with Crippen LogP contribution in [0, 0.1) is 5.82 Å². The van der Waals surface area contributed by atoms with Gasteiger partial charge in [-0.15, -0.1) is 0 Å². The molecular formula is C24H28FN3O2. The molecular weight excluding hydrogens is 381 g/mol. The van der Waals surface area contributed by atoms with E-state index in [9.17, 15) is 9.18 Å². The van der Waals surface area contributed by atoms with E-state index in [1.54, 1.807) is 17.2 Å². The predicted molar refractivity (Wildman–Crippen MR) is 115 cm³/mol. The number of likely N-dealkylation sites (tertiary alicyclic amines) is 1. The number of halogens is 1. The lowest BCUT2D eigenvalue weighted by atomic mass is 9.83. The highest BCUT2D eigenvalue weighted by Crippen LogP contribution is 2.40. The summed E-state index contributed by atoms with van der Waals surface area (Å²) >= 11 is 0. The molecule has 30 heavy (non-hydrogen) atoms. The zero-order chi connectivity index (χ0) is 21.3. The van der Waals surface area contributed by atoms with Gasteiger partial charge in [-0.2, -0.15) is 0 Å². The van der Waals surface area contributed by atoms with Crippen molar-refractivity contribution in [1.29, 1.82) is 0 Å². The Balaban J connectivity index is 1.50. The monoisotopic (exact) mass is 409 g/mol. The topological polar surface area (TPSA) is 45.7 Å². The summed E-state index contributed by atoms with van der Waals surface area (Å²) < 4.78 is 19.6. The predicted octanol–water partition coefficient (Wildman–Crippen LogP) is 4.33. The van der Waals surface area contributed by atoms with Crippen molar-refractivity contribution in [2.75, 3.05) is 11.4 Å². The van der Waals surface area contributed by atoms with Crippen LogP contribution in [0.5, 0.6) is 5.75 Å². The van der Waals surface area contributed by atoms with Gasteiger partial charge in [-0.25, -0.2) is 4.39 Å². The van der Waals surface area contributed by atoms with Crippen molar-refractivity contribution in [1.82, 2.24) is 9.88 Å². The van der Waals surface area contributed by atoms with Crippen LogP contribution in [-0.2, 0) is 11.3 Å². The van der Waals surface area contributed by atoms with Gasteiger partial charge in [0.25, 0.3) is 5.91 Å². The van der Waals surface area contributed by atoms with E-state index in [1.165, 1.54) is 11.6 Å². The van der Waals surface area contributed by atoms with E-state index in [2.05, 4.69) is 28.9 Å². The number of carbonyl (C=O) groups excluding carboxylic acids is 1. The van der Waals surface area contributed by atoms with Crippen LogP contribution in [0.25, 0.3) is 0 Å². The average molecular weight is 410 g/mol. The van der Waals surface area contributed by atoms with E-state index in [-0.39, 0.29) is 18.1 Å². The summed E-state index contributed by atoms with van der Waals surface area (Å²) in [6.07, 6.45) is 8.04. The van der Waals surface area contributed by atoms with Crippen molar-refractivity contribution < 1.29 is 13.9 Å². The van der Waals surface area contributed by atoms with E-state index in [0.717, 1.165) is 37.9 Å². The Hall–Kier alpha value is -2.73. The summed E-state index contributed by atoms with van der Waals surface area (Å²) in [5, 5.41) is 0. The van der Waals surface area contributed by atoms with Crippen LogP contribution in [0.4, 0.5) is 10.1 Å². The minimum atomic E-state index is -0.434. The number of benzene rings is 1. The molecule has 0 radical (unpaired) electrons. The van der Waals surface area contributed by atoms with Crippen LogP contribution < -0.4 is 9.64 Å². The Morgan fingerprint density at radius 3 is 2.87 bits per heavy atom. The number of pyridine rings is 1. The first kappa shape index (κ1) is 20.5. The first-order valence-electron chi connectivity index (χ1n) is 10.5. The van der Waals surface area contributed by atoms with Gasteiger partial charge < -0.3 is 4.74 Å². The summed E-state index contributed by atoms with van der Waals surface area (Å²) in [6.45, 7) is 7.90. The van der Waals surface area contributed by atoms with Gasteiger partial charge in [-0.1, -0.05) is 18.2 Å². The molecule has 2 aromatic rings. The molecule has 1 aromatic heterocycles. The number of hydrogen-bond acceptors (Lipinski definition) is 4. The van der Waals surface area contributed by atoms with Gasteiger partial charge in [-0.05, 0) is 51.3 Å². The largest absolute Gasteiger partial charge is 0.491 e. The van der Waals surface area contributed by atoms with Gasteiger partial charge in [-0.3, -0.25) is 19.6 Å².